The molecule has 0 bridgehead atoms. The summed E-state index contributed by atoms with van der Waals surface area (Å²) in [4.78, 5) is 27.2. The molecule has 0 aromatic carbocycles. The Hall–Kier alpha value is -1.39. The molecule has 2 saturated carbocycles. The highest BCUT2D eigenvalue weighted by atomic mass is 16.6. The highest BCUT2D eigenvalue weighted by Crippen LogP contribution is 2.41. The zero-order valence-electron chi connectivity index (χ0n) is 11.3. The number of hydrogen-bond donors (Lipinski definition) is 1. The van der Waals surface area contributed by atoms with Crippen LogP contribution in [0.2, 0.25) is 0 Å². The van der Waals surface area contributed by atoms with Crippen molar-refractivity contribution in [3.05, 3.63) is 0 Å². The fourth-order valence-corrected chi connectivity index (χ4v) is 3.31. The van der Waals surface area contributed by atoms with Crippen LogP contribution in [0.5, 0.6) is 0 Å². The van der Waals surface area contributed by atoms with Crippen LogP contribution in [0, 0.1) is 11.8 Å². The summed E-state index contributed by atoms with van der Waals surface area (Å²) in [6.45, 7) is 1.19. The standard InChI is InChI=1S/C14H21NO4/c1-9(16)13(14(17)18)15-19-12-7-6-10-4-2-3-5-11(10)8-12/h10-12H,2-8H2,1H3,(H,17,18)/b15-13+. The summed E-state index contributed by atoms with van der Waals surface area (Å²) in [6.07, 6.45) is 8.12. The Morgan fingerprint density at radius 2 is 1.79 bits per heavy atom. The molecule has 2 aliphatic rings. The van der Waals surface area contributed by atoms with Crippen molar-refractivity contribution in [2.24, 2.45) is 17.0 Å². The third kappa shape index (κ3) is 3.55. The van der Waals surface area contributed by atoms with Gasteiger partial charge in [0, 0.05) is 6.92 Å². The second-order valence-electron chi connectivity index (χ2n) is 5.65. The van der Waals surface area contributed by atoms with Gasteiger partial charge in [-0.05, 0) is 31.1 Å². The Morgan fingerprint density at radius 3 is 2.42 bits per heavy atom. The third-order valence-corrected chi connectivity index (χ3v) is 4.32. The molecule has 0 heterocycles. The van der Waals surface area contributed by atoms with Crippen molar-refractivity contribution >= 4 is 17.5 Å². The maximum absolute atomic E-state index is 11.1. The summed E-state index contributed by atoms with van der Waals surface area (Å²) in [7, 11) is 0. The average Bonchev–Trinajstić information content (AvgIpc) is 2.38. The van der Waals surface area contributed by atoms with E-state index in [1.54, 1.807) is 0 Å². The summed E-state index contributed by atoms with van der Waals surface area (Å²) in [5.41, 5.74) is -0.509. The minimum atomic E-state index is -1.32. The second-order valence-corrected chi connectivity index (χ2v) is 5.65. The maximum atomic E-state index is 11.1. The van der Waals surface area contributed by atoms with E-state index in [9.17, 15) is 9.59 Å². The lowest BCUT2D eigenvalue weighted by Crippen LogP contribution is -2.31. The van der Waals surface area contributed by atoms with Gasteiger partial charge in [-0.3, -0.25) is 4.79 Å². The number of carboxylic acids is 1. The summed E-state index contributed by atoms with van der Waals surface area (Å²) in [5.74, 6) is -0.393. The molecule has 0 aromatic rings. The van der Waals surface area contributed by atoms with Crippen molar-refractivity contribution in [2.45, 2.75) is 58.0 Å². The Balaban J connectivity index is 1.91. The van der Waals surface area contributed by atoms with E-state index >= 15 is 0 Å². The number of Topliss-reactive ketones (excluding diaryl/α,β-unsaturated/α-hetero) is 1. The lowest BCUT2D eigenvalue weighted by molar-refractivity contribution is -0.130. The number of aliphatic carboxylic acids is 1. The van der Waals surface area contributed by atoms with Gasteiger partial charge in [0.1, 0.15) is 6.10 Å². The topological polar surface area (TPSA) is 76.0 Å². The first kappa shape index (κ1) is 14.0. The molecule has 19 heavy (non-hydrogen) atoms. The summed E-state index contributed by atoms with van der Waals surface area (Å²) >= 11 is 0. The summed E-state index contributed by atoms with van der Waals surface area (Å²) < 4.78 is 0. The number of carboxylic acid groups (broad SMARTS) is 1. The van der Waals surface area contributed by atoms with E-state index in [0.29, 0.717) is 5.92 Å². The molecule has 0 spiro atoms. The number of fused-ring (bicyclic) bond motifs is 1. The number of hydrogen-bond acceptors (Lipinski definition) is 4. The molecule has 5 heteroatoms. The van der Waals surface area contributed by atoms with E-state index in [1.165, 1.54) is 32.6 Å². The molecular weight excluding hydrogens is 246 g/mol. The smallest absolute Gasteiger partial charge is 0.361 e. The molecule has 5 nitrogen and oxygen atoms in total. The van der Waals surface area contributed by atoms with Crippen LogP contribution in [0.25, 0.3) is 0 Å². The molecule has 0 aromatic heterocycles. The zero-order chi connectivity index (χ0) is 13.8. The van der Waals surface area contributed by atoms with Gasteiger partial charge in [0.05, 0.1) is 0 Å². The number of carbonyl (C=O) groups is 2. The van der Waals surface area contributed by atoms with Crippen LogP contribution < -0.4 is 0 Å². The third-order valence-electron chi connectivity index (χ3n) is 4.32. The highest BCUT2D eigenvalue weighted by Gasteiger charge is 2.33. The Bertz CT molecular complexity index is 375. The van der Waals surface area contributed by atoms with Crippen LogP contribution in [-0.2, 0) is 14.4 Å². The molecule has 106 valence electrons. The van der Waals surface area contributed by atoms with Gasteiger partial charge in [-0.1, -0.05) is 30.8 Å². The molecule has 2 rings (SSSR count). The molecular formula is C14H21NO4. The van der Waals surface area contributed by atoms with Crippen molar-refractivity contribution < 1.29 is 19.5 Å². The van der Waals surface area contributed by atoms with Gasteiger partial charge < -0.3 is 9.94 Å². The first-order valence-electron chi connectivity index (χ1n) is 7.06. The number of rotatable bonds is 4. The fourth-order valence-electron chi connectivity index (χ4n) is 3.31. The maximum Gasteiger partial charge on any atom is 0.361 e. The zero-order valence-corrected chi connectivity index (χ0v) is 11.3. The van der Waals surface area contributed by atoms with Crippen LogP contribution in [-0.4, -0.2) is 28.7 Å². The molecule has 0 amide bonds. The number of ketones is 1. The second kappa shape index (κ2) is 6.17. The monoisotopic (exact) mass is 267 g/mol. The van der Waals surface area contributed by atoms with Gasteiger partial charge in [-0.15, -0.1) is 0 Å². The molecule has 2 fully saturated rings. The van der Waals surface area contributed by atoms with Crippen molar-refractivity contribution in [1.82, 2.24) is 0 Å². The quantitative estimate of drug-likeness (QED) is 0.482. The van der Waals surface area contributed by atoms with E-state index in [-0.39, 0.29) is 6.10 Å². The van der Waals surface area contributed by atoms with Gasteiger partial charge in [-0.2, -0.15) is 0 Å². The Kier molecular flexibility index (Phi) is 4.56. The van der Waals surface area contributed by atoms with Crippen LogP contribution in [0.3, 0.4) is 0 Å². The minimum Gasteiger partial charge on any atom is -0.476 e. The fraction of sp³-hybridized carbons (Fsp3) is 0.786. The summed E-state index contributed by atoms with van der Waals surface area (Å²) in [6, 6.07) is 0. The van der Waals surface area contributed by atoms with Crippen LogP contribution in [0.4, 0.5) is 0 Å². The number of carbonyl (C=O) groups excluding carboxylic acids is 1. The van der Waals surface area contributed by atoms with Gasteiger partial charge in [0.2, 0.25) is 5.71 Å². The van der Waals surface area contributed by atoms with Crippen LogP contribution >= 0.6 is 0 Å². The van der Waals surface area contributed by atoms with E-state index in [2.05, 4.69) is 5.16 Å². The van der Waals surface area contributed by atoms with Gasteiger partial charge in [0.15, 0.2) is 5.78 Å². The predicted octanol–water partition coefficient (Wildman–Crippen LogP) is 2.39. The Labute approximate surface area is 113 Å². The van der Waals surface area contributed by atoms with Crippen molar-refractivity contribution in [3.8, 4) is 0 Å². The van der Waals surface area contributed by atoms with Gasteiger partial charge >= 0.3 is 5.97 Å². The van der Waals surface area contributed by atoms with E-state index in [1.807, 2.05) is 0 Å². The first-order chi connectivity index (χ1) is 9.08. The lowest BCUT2D eigenvalue weighted by Gasteiger charge is -2.38. The van der Waals surface area contributed by atoms with E-state index in [0.717, 1.165) is 25.2 Å². The largest absolute Gasteiger partial charge is 0.476 e. The van der Waals surface area contributed by atoms with Crippen molar-refractivity contribution in [2.75, 3.05) is 0 Å². The minimum absolute atomic E-state index is 0.0342. The normalized spacial score (nSPS) is 31.4. The van der Waals surface area contributed by atoms with Gasteiger partial charge in [-0.25, -0.2) is 4.79 Å². The molecule has 3 atom stereocenters. The van der Waals surface area contributed by atoms with Crippen molar-refractivity contribution in [3.63, 3.8) is 0 Å². The average molecular weight is 267 g/mol. The first-order valence-corrected chi connectivity index (χ1v) is 7.06. The van der Waals surface area contributed by atoms with Gasteiger partial charge in [0.25, 0.3) is 0 Å². The van der Waals surface area contributed by atoms with Crippen LogP contribution in [0.15, 0.2) is 5.16 Å². The van der Waals surface area contributed by atoms with Crippen molar-refractivity contribution in [1.29, 1.82) is 0 Å². The lowest BCUT2D eigenvalue weighted by atomic mass is 9.70. The molecule has 2 aliphatic carbocycles. The molecule has 1 N–H and O–H groups in total. The molecule has 0 radical (unpaired) electrons. The summed E-state index contributed by atoms with van der Waals surface area (Å²) in [5, 5.41) is 12.4. The number of nitrogens with zero attached hydrogens (tertiary/aromatic N) is 1. The SMILES string of the molecule is CC(=O)/C(=N\OC1CCC2CCCCC2C1)C(=O)O. The molecule has 0 aliphatic heterocycles. The number of oxime groups is 1. The van der Waals surface area contributed by atoms with E-state index in [4.69, 9.17) is 9.94 Å². The van der Waals surface area contributed by atoms with E-state index < -0.39 is 17.5 Å². The predicted molar refractivity (Wildman–Crippen MR) is 69.9 cm³/mol. The Morgan fingerprint density at radius 1 is 1.11 bits per heavy atom. The molecule has 3 unspecified atom stereocenters. The molecule has 0 saturated heterocycles. The van der Waals surface area contributed by atoms with Crippen LogP contribution in [0.1, 0.15) is 51.9 Å². The highest BCUT2D eigenvalue weighted by molar-refractivity contribution is 6.63.